The Bertz CT molecular complexity index is 292. The molecule has 2 aliphatic rings. The van der Waals surface area contributed by atoms with Gasteiger partial charge in [0, 0.05) is 12.0 Å². The fourth-order valence-electron chi connectivity index (χ4n) is 3.94. The summed E-state index contributed by atoms with van der Waals surface area (Å²) in [5, 5.41) is 3.24. The van der Waals surface area contributed by atoms with Gasteiger partial charge < -0.3 is 11.1 Å². The molecular formula is C15H28N2O. The fraction of sp³-hybridized carbons (Fsp3) is 0.933. The Morgan fingerprint density at radius 1 is 1.33 bits per heavy atom. The fourth-order valence-corrected chi connectivity index (χ4v) is 3.94. The lowest BCUT2D eigenvalue weighted by atomic mass is 9.84. The summed E-state index contributed by atoms with van der Waals surface area (Å²) in [5.74, 6) is 2.89. The molecule has 2 fully saturated rings. The summed E-state index contributed by atoms with van der Waals surface area (Å²) in [7, 11) is 0. The molecule has 0 radical (unpaired) electrons. The Labute approximate surface area is 111 Å². The van der Waals surface area contributed by atoms with Crippen LogP contribution in [0.4, 0.5) is 0 Å². The van der Waals surface area contributed by atoms with Gasteiger partial charge in [-0.2, -0.15) is 0 Å². The van der Waals surface area contributed by atoms with Crippen molar-refractivity contribution >= 4 is 5.91 Å². The summed E-state index contributed by atoms with van der Waals surface area (Å²) >= 11 is 0. The number of carbonyl (C=O) groups excluding carboxylic acids is 1. The predicted octanol–water partition coefficient (Wildman–Crippen LogP) is 2.30. The molecule has 0 saturated heterocycles. The van der Waals surface area contributed by atoms with E-state index in [0.29, 0.717) is 12.6 Å². The lowest BCUT2D eigenvalue weighted by Crippen LogP contribution is -2.42. The van der Waals surface area contributed by atoms with Crippen LogP contribution in [0.3, 0.4) is 0 Å². The Hall–Kier alpha value is -0.570. The maximum atomic E-state index is 12.1. The lowest BCUT2D eigenvalue weighted by molar-refractivity contribution is -0.125. The highest BCUT2D eigenvalue weighted by Crippen LogP contribution is 2.49. The highest BCUT2D eigenvalue weighted by molar-refractivity contribution is 5.78. The number of hydrogen-bond acceptors (Lipinski definition) is 2. The number of carbonyl (C=O) groups is 1. The summed E-state index contributed by atoms with van der Waals surface area (Å²) in [6.07, 6.45) is 7.41. The van der Waals surface area contributed by atoms with E-state index in [4.69, 9.17) is 5.73 Å². The van der Waals surface area contributed by atoms with Crippen LogP contribution in [0.25, 0.3) is 0 Å². The first kappa shape index (κ1) is 13.9. The van der Waals surface area contributed by atoms with Gasteiger partial charge in [-0.25, -0.2) is 0 Å². The van der Waals surface area contributed by atoms with Crippen molar-refractivity contribution in [3.8, 4) is 0 Å². The van der Waals surface area contributed by atoms with Crippen LogP contribution in [-0.2, 0) is 4.79 Å². The largest absolute Gasteiger partial charge is 0.353 e. The molecule has 2 saturated carbocycles. The number of rotatable bonds is 6. The van der Waals surface area contributed by atoms with E-state index in [1.807, 2.05) is 6.92 Å². The molecule has 3 nitrogen and oxygen atoms in total. The van der Waals surface area contributed by atoms with Crippen molar-refractivity contribution < 1.29 is 4.79 Å². The highest BCUT2D eigenvalue weighted by Gasteiger charge is 2.42. The van der Waals surface area contributed by atoms with Gasteiger partial charge in [-0.05, 0) is 63.3 Å². The molecule has 2 aliphatic carbocycles. The van der Waals surface area contributed by atoms with Crippen LogP contribution in [-0.4, -0.2) is 18.5 Å². The monoisotopic (exact) mass is 252 g/mol. The van der Waals surface area contributed by atoms with Crippen LogP contribution in [0.2, 0.25) is 0 Å². The zero-order valence-corrected chi connectivity index (χ0v) is 11.8. The van der Waals surface area contributed by atoms with Gasteiger partial charge in [0.1, 0.15) is 0 Å². The first-order chi connectivity index (χ1) is 8.61. The Kier molecular flexibility index (Phi) is 4.66. The first-order valence-electron chi connectivity index (χ1n) is 7.62. The molecule has 0 aromatic rings. The van der Waals surface area contributed by atoms with Crippen molar-refractivity contribution in [1.29, 1.82) is 0 Å². The van der Waals surface area contributed by atoms with Gasteiger partial charge in [0.25, 0.3) is 0 Å². The van der Waals surface area contributed by atoms with E-state index in [9.17, 15) is 4.79 Å². The third kappa shape index (κ3) is 3.05. The number of hydrogen-bond donors (Lipinski definition) is 2. The van der Waals surface area contributed by atoms with Gasteiger partial charge in [-0.15, -0.1) is 0 Å². The lowest BCUT2D eigenvalue weighted by Gasteiger charge is -2.29. The average molecular weight is 252 g/mol. The SMILES string of the molecule is CC(CCCN)C(=O)NC(C)C1CC2CCC1C2. The van der Waals surface area contributed by atoms with Crippen molar-refractivity contribution in [3.63, 3.8) is 0 Å². The van der Waals surface area contributed by atoms with Crippen molar-refractivity contribution in [1.82, 2.24) is 5.32 Å². The summed E-state index contributed by atoms with van der Waals surface area (Å²) < 4.78 is 0. The van der Waals surface area contributed by atoms with Crippen LogP contribution in [0.1, 0.15) is 52.4 Å². The second kappa shape index (κ2) is 6.05. The Morgan fingerprint density at radius 3 is 2.67 bits per heavy atom. The van der Waals surface area contributed by atoms with Crippen LogP contribution in [0, 0.1) is 23.7 Å². The van der Waals surface area contributed by atoms with Crippen LogP contribution < -0.4 is 11.1 Å². The molecule has 5 atom stereocenters. The Morgan fingerprint density at radius 2 is 2.11 bits per heavy atom. The normalized spacial score (nSPS) is 33.4. The van der Waals surface area contributed by atoms with Crippen LogP contribution in [0.5, 0.6) is 0 Å². The van der Waals surface area contributed by atoms with Crippen LogP contribution in [0.15, 0.2) is 0 Å². The maximum absolute atomic E-state index is 12.1. The van der Waals surface area contributed by atoms with E-state index in [1.165, 1.54) is 25.7 Å². The minimum Gasteiger partial charge on any atom is -0.353 e. The number of amides is 1. The molecule has 0 spiro atoms. The van der Waals surface area contributed by atoms with E-state index in [1.54, 1.807) is 0 Å². The van der Waals surface area contributed by atoms with Crippen molar-refractivity contribution in [2.75, 3.05) is 6.54 Å². The van der Waals surface area contributed by atoms with Gasteiger partial charge in [0.15, 0.2) is 0 Å². The topological polar surface area (TPSA) is 55.1 Å². The van der Waals surface area contributed by atoms with Gasteiger partial charge in [-0.3, -0.25) is 4.79 Å². The summed E-state index contributed by atoms with van der Waals surface area (Å²) in [5.41, 5.74) is 5.49. The van der Waals surface area contributed by atoms with E-state index in [-0.39, 0.29) is 11.8 Å². The smallest absolute Gasteiger partial charge is 0.223 e. The molecule has 2 bridgehead atoms. The maximum Gasteiger partial charge on any atom is 0.223 e. The third-order valence-corrected chi connectivity index (χ3v) is 5.09. The van der Waals surface area contributed by atoms with Crippen molar-refractivity contribution in [2.24, 2.45) is 29.4 Å². The second-order valence-electron chi connectivity index (χ2n) is 6.47. The molecule has 1 amide bonds. The third-order valence-electron chi connectivity index (χ3n) is 5.09. The molecule has 3 heteroatoms. The molecule has 104 valence electrons. The van der Waals surface area contributed by atoms with Crippen LogP contribution >= 0.6 is 0 Å². The minimum atomic E-state index is 0.106. The first-order valence-corrected chi connectivity index (χ1v) is 7.62. The van der Waals surface area contributed by atoms with Gasteiger partial charge in [-0.1, -0.05) is 13.3 Å². The molecule has 18 heavy (non-hydrogen) atoms. The molecule has 5 unspecified atom stereocenters. The second-order valence-corrected chi connectivity index (χ2v) is 6.47. The molecule has 0 aromatic heterocycles. The summed E-state index contributed by atoms with van der Waals surface area (Å²) in [6.45, 7) is 4.89. The molecule has 0 heterocycles. The van der Waals surface area contributed by atoms with E-state index in [2.05, 4.69) is 12.2 Å². The zero-order chi connectivity index (χ0) is 13.1. The number of nitrogens with two attached hydrogens (primary N) is 1. The van der Waals surface area contributed by atoms with E-state index >= 15 is 0 Å². The zero-order valence-electron chi connectivity index (χ0n) is 11.8. The van der Waals surface area contributed by atoms with E-state index < -0.39 is 0 Å². The average Bonchev–Trinajstić information content (AvgIpc) is 2.97. The van der Waals surface area contributed by atoms with Crippen molar-refractivity contribution in [2.45, 2.75) is 58.4 Å². The minimum absolute atomic E-state index is 0.106. The summed E-state index contributed by atoms with van der Waals surface area (Å²) in [4.78, 5) is 12.1. The Balaban J connectivity index is 1.76. The van der Waals surface area contributed by atoms with Gasteiger partial charge in [0.05, 0.1) is 0 Å². The predicted molar refractivity (Wildman–Crippen MR) is 74.0 cm³/mol. The molecule has 2 rings (SSSR count). The van der Waals surface area contributed by atoms with Crippen molar-refractivity contribution in [3.05, 3.63) is 0 Å². The molecule has 0 aromatic carbocycles. The number of fused-ring (bicyclic) bond motifs is 2. The number of nitrogens with one attached hydrogen (secondary N) is 1. The molecule has 3 N–H and O–H groups in total. The van der Waals surface area contributed by atoms with Gasteiger partial charge >= 0.3 is 0 Å². The van der Waals surface area contributed by atoms with E-state index in [0.717, 1.165) is 30.6 Å². The molecular weight excluding hydrogens is 224 g/mol. The van der Waals surface area contributed by atoms with Gasteiger partial charge in [0.2, 0.25) is 5.91 Å². The molecule has 0 aliphatic heterocycles. The summed E-state index contributed by atoms with van der Waals surface area (Å²) in [6, 6.07) is 0.355. The standard InChI is InChI=1S/C15H28N2O/c1-10(4-3-7-16)15(18)17-11(2)14-9-12-5-6-13(14)8-12/h10-14H,3-9,16H2,1-2H3,(H,17,18). The highest BCUT2D eigenvalue weighted by atomic mass is 16.1. The quantitative estimate of drug-likeness (QED) is 0.762.